The standard InChI is InChI=1S/C23H35N3O2/c1-16-7-4-5-10-20(16)24-21(27)13-14-26(19-11-12-19)15-22(28)25-23-17(2)8-6-9-18(23)3/h6,8-9,16,19-20H,4-5,7,10-15H2,1-3H3,(H,24,27)(H,25,28). The van der Waals surface area contributed by atoms with Crippen molar-refractivity contribution in [2.75, 3.05) is 18.4 Å². The van der Waals surface area contributed by atoms with Gasteiger partial charge in [-0.3, -0.25) is 14.5 Å². The number of hydrogen-bond donors (Lipinski definition) is 2. The zero-order valence-electron chi connectivity index (χ0n) is 17.6. The molecule has 0 aliphatic heterocycles. The van der Waals surface area contributed by atoms with E-state index in [1.54, 1.807) is 0 Å². The normalized spacial score (nSPS) is 22.1. The average molecular weight is 386 g/mol. The summed E-state index contributed by atoms with van der Waals surface area (Å²) in [4.78, 5) is 27.2. The minimum absolute atomic E-state index is 0.00520. The highest BCUT2D eigenvalue weighted by Crippen LogP contribution is 2.27. The summed E-state index contributed by atoms with van der Waals surface area (Å²) < 4.78 is 0. The van der Waals surface area contributed by atoms with Crippen molar-refractivity contribution in [1.82, 2.24) is 10.2 Å². The first-order valence-corrected chi connectivity index (χ1v) is 10.8. The van der Waals surface area contributed by atoms with Crippen molar-refractivity contribution < 1.29 is 9.59 Å². The maximum atomic E-state index is 12.6. The quantitative estimate of drug-likeness (QED) is 0.716. The zero-order chi connectivity index (χ0) is 20.1. The van der Waals surface area contributed by atoms with Gasteiger partial charge in [-0.15, -0.1) is 0 Å². The van der Waals surface area contributed by atoms with Crippen molar-refractivity contribution in [3.8, 4) is 0 Å². The van der Waals surface area contributed by atoms with Crippen LogP contribution in [-0.2, 0) is 9.59 Å². The molecule has 2 N–H and O–H groups in total. The van der Waals surface area contributed by atoms with E-state index in [0.29, 0.717) is 37.5 Å². The molecule has 5 nitrogen and oxygen atoms in total. The van der Waals surface area contributed by atoms with Crippen molar-refractivity contribution in [2.45, 2.75) is 77.8 Å². The summed E-state index contributed by atoms with van der Waals surface area (Å²) in [7, 11) is 0. The number of benzene rings is 1. The van der Waals surface area contributed by atoms with Crippen molar-refractivity contribution in [2.24, 2.45) is 5.92 Å². The van der Waals surface area contributed by atoms with Gasteiger partial charge in [-0.1, -0.05) is 38.0 Å². The summed E-state index contributed by atoms with van der Waals surface area (Å²) in [6, 6.07) is 6.80. The number of nitrogens with one attached hydrogen (secondary N) is 2. The van der Waals surface area contributed by atoms with E-state index in [0.717, 1.165) is 36.1 Å². The summed E-state index contributed by atoms with van der Waals surface area (Å²) in [5.41, 5.74) is 3.06. The largest absolute Gasteiger partial charge is 0.353 e. The molecule has 2 atom stereocenters. The Morgan fingerprint density at radius 2 is 1.71 bits per heavy atom. The Morgan fingerprint density at radius 1 is 1.04 bits per heavy atom. The molecule has 2 amide bonds. The van der Waals surface area contributed by atoms with Crippen LogP contribution >= 0.6 is 0 Å². The number of rotatable bonds is 8. The molecule has 2 aliphatic rings. The second-order valence-electron chi connectivity index (χ2n) is 8.70. The fourth-order valence-electron chi connectivity index (χ4n) is 4.26. The van der Waals surface area contributed by atoms with E-state index < -0.39 is 0 Å². The molecule has 2 fully saturated rings. The van der Waals surface area contributed by atoms with Gasteiger partial charge in [-0.05, 0) is 56.6 Å². The number of carbonyl (C=O) groups is 2. The average Bonchev–Trinajstić information content (AvgIpc) is 3.49. The molecule has 0 spiro atoms. The van der Waals surface area contributed by atoms with Gasteiger partial charge in [-0.25, -0.2) is 0 Å². The maximum Gasteiger partial charge on any atom is 0.238 e. The van der Waals surface area contributed by atoms with Gasteiger partial charge in [-0.2, -0.15) is 0 Å². The third-order valence-electron chi connectivity index (χ3n) is 6.24. The molecule has 1 aromatic rings. The summed E-state index contributed by atoms with van der Waals surface area (Å²) in [5, 5.41) is 6.29. The lowest BCUT2D eigenvalue weighted by Gasteiger charge is -2.30. The molecule has 3 rings (SSSR count). The van der Waals surface area contributed by atoms with E-state index in [2.05, 4.69) is 22.5 Å². The van der Waals surface area contributed by atoms with Crippen molar-refractivity contribution in [3.05, 3.63) is 29.3 Å². The SMILES string of the molecule is Cc1cccc(C)c1NC(=O)CN(CCC(=O)NC1CCCCC1C)C1CC1. The molecule has 1 aromatic carbocycles. The van der Waals surface area contributed by atoms with Gasteiger partial charge in [0.15, 0.2) is 0 Å². The topological polar surface area (TPSA) is 61.4 Å². The van der Waals surface area contributed by atoms with Gasteiger partial charge in [0, 0.05) is 30.7 Å². The number of anilines is 1. The molecule has 0 saturated heterocycles. The summed E-state index contributed by atoms with van der Waals surface area (Å²) in [5.74, 6) is 0.700. The van der Waals surface area contributed by atoms with Gasteiger partial charge >= 0.3 is 0 Å². The Balaban J connectivity index is 1.48. The number of hydrogen-bond acceptors (Lipinski definition) is 3. The molecule has 2 saturated carbocycles. The van der Waals surface area contributed by atoms with Crippen LogP contribution in [0.1, 0.15) is 63.0 Å². The van der Waals surface area contributed by atoms with E-state index in [9.17, 15) is 9.59 Å². The summed E-state index contributed by atoms with van der Waals surface area (Å²) in [6.45, 7) is 7.26. The van der Waals surface area contributed by atoms with Crippen LogP contribution in [0.5, 0.6) is 0 Å². The third kappa shape index (κ3) is 5.81. The highest BCUT2D eigenvalue weighted by atomic mass is 16.2. The summed E-state index contributed by atoms with van der Waals surface area (Å²) >= 11 is 0. The lowest BCUT2D eigenvalue weighted by atomic mass is 9.86. The Kier molecular flexibility index (Phi) is 7.11. The third-order valence-corrected chi connectivity index (χ3v) is 6.24. The van der Waals surface area contributed by atoms with E-state index in [-0.39, 0.29) is 11.8 Å². The highest BCUT2D eigenvalue weighted by Gasteiger charge is 2.31. The van der Waals surface area contributed by atoms with Crippen LogP contribution in [0.4, 0.5) is 5.69 Å². The lowest BCUT2D eigenvalue weighted by Crippen LogP contribution is -2.43. The van der Waals surface area contributed by atoms with E-state index in [4.69, 9.17) is 0 Å². The van der Waals surface area contributed by atoms with Crippen LogP contribution in [0.3, 0.4) is 0 Å². The number of nitrogens with zero attached hydrogens (tertiary/aromatic N) is 1. The molecular weight excluding hydrogens is 350 g/mol. The second kappa shape index (κ2) is 9.55. The first-order valence-electron chi connectivity index (χ1n) is 10.8. The minimum atomic E-state index is 0.00520. The highest BCUT2D eigenvalue weighted by molar-refractivity contribution is 5.93. The molecule has 154 valence electrons. The van der Waals surface area contributed by atoms with Crippen LogP contribution in [0.2, 0.25) is 0 Å². The fraction of sp³-hybridized carbons (Fsp3) is 0.652. The number of carbonyl (C=O) groups excluding carboxylic acids is 2. The molecule has 2 aliphatic carbocycles. The van der Waals surface area contributed by atoms with Gasteiger partial charge in [0.1, 0.15) is 0 Å². The molecule has 2 unspecified atom stereocenters. The smallest absolute Gasteiger partial charge is 0.238 e. The zero-order valence-corrected chi connectivity index (χ0v) is 17.6. The Morgan fingerprint density at radius 3 is 2.36 bits per heavy atom. The first kappa shape index (κ1) is 20.8. The molecular formula is C23H35N3O2. The Bertz CT molecular complexity index is 679. The molecule has 0 heterocycles. The molecule has 0 aromatic heterocycles. The van der Waals surface area contributed by atoms with Gasteiger partial charge < -0.3 is 10.6 Å². The van der Waals surface area contributed by atoms with Crippen molar-refractivity contribution in [1.29, 1.82) is 0 Å². The van der Waals surface area contributed by atoms with Gasteiger partial charge in [0.05, 0.1) is 6.54 Å². The van der Waals surface area contributed by atoms with Crippen molar-refractivity contribution >= 4 is 17.5 Å². The molecule has 5 heteroatoms. The molecule has 0 radical (unpaired) electrons. The monoisotopic (exact) mass is 385 g/mol. The summed E-state index contributed by atoms with van der Waals surface area (Å²) in [6.07, 6.45) is 7.50. The Hall–Kier alpha value is -1.88. The number of aryl methyl sites for hydroxylation is 2. The minimum Gasteiger partial charge on any atom is -0.353 e. The first-order chi connectivity index (χ1) is 13.4. The van der Waals surface area contributed by atoms with Gasteiger partial charge in [0.2, 0.25) is 11.8 Å². The van der Waals surface area contributed by atoms with Crippen LogP contribution < -0.4 is 10.6 Å². The van der Waals surface area contributed by atoms with E-state index in [1.807, 2.05) is 32.0 Å². The second-order valence-corrected chi connectivity index (χ2v) is 8.70. The van der Waals surface area contributed by atoms with Crippen LogP contribution in [-0.4, -0.2) is 41.9 Å². The van der Waals surface area contributed by atoms with Crippen molar-refractivity contribution in [3.63, 3.8) is 0 Å². The maximum absolute atomic E-state index is 12.6. The molecule has 28 heavy (non-hydrogen) atoms. The van der Waals surface area contributed by atoms with E-state index in [1.165, 1.54) is 19.3 Å². The Labute approximate surface area is 169 Å². The number of amides is 2. The van der Waals surface area contributed by atoms with Crippen LogP contribution in [0.15, 0.2) is 18.2 Å². The van der Waals surface area contributed by atoms with Gasteiger partial charge in [0.25, 0.3) is 0 Å². The lowest BCUT2D eigenvalue weighted by molar-refractivity contribution is -0.123. The van der Waals surface area contributed by atoms with Crippen LogP contribution in [0, 0.1) is 19.8 Å². The molecule has 0 bridgehead atoms. The van der Waals surface area contributed by atoms with Crippen LogP contribution in [0.25, 0.3) is 0 Å². The number of para-hydroxylation sites is 1. The fourth-order valence-corrected chi connectivity index (χ4v) is 4.26. The predicted octanol–water partition coefficient (Wildman–Crippen LogP) is 3.79. The van der Waals surface area contributed by atoms with E-state index >= 15 is 0 Å². The predicted molar refractivity (Wildman–Crippen MR) is 113 cm³/mol.